The van der Waals surface area contributed by atoms with Crippen molar-refractivity contribution in [2.24, 2.45) is 0 Å². The summed E-state index contributed by atoms with van der Waals surface area (Å²) in [5, 5.41) is 8.74. The van der Waals surface area contributed by atoms with Gasteiger partial charge in [-0.05, 0) is 43.8 Å². The Morgan fingerprint density at radius 3 is 2.68 bits per heavy atom. The second-order valence-electron chi connectivity index (χ2n) is 6.96. The maximum atomic E-state index is 13.8. The van der Waals surface area contributed by atoms with Gasteiger partial charge in [-0.15, -0.1) is 0 Å². The average molecular weight is 376 g/mol. The molecule has 0 fully saturated rings. The third kappa shape index (κ3) is 4.02. The maximum Gasteiger partial charge on any atom is 0.124 e. The van der Waals surface area contributed by atoms with Gasteiger partial charge >= 0.3 is 0 Å². The van der Waals surface area contributed by atoms with Crippen LogP contribution in [0.1, 0.15) is 16.8 Å². The van der Waals surface area contributed by atoms with Gasteiger partial charge in [-0.3, -0.25) is 4.90 Å². The zero-order valence-electron chi connectivity index (χ0n) is 15.8. The van der Waals surface area contributed by atoms with Crippen LogP contribution in [-0.2, 0) is 13.1 Å². The van der Waals surface area contributed by atoms with Gasteiger partial charge in [-0.25, -0.2) is 9.07 Å². The first kappa shape index (κ1) is 18.1. The lowest BCUT2D eigenvalue weighted by Gasteiger charge is -2.14. The first-order chi connectivity index (χ1) is 13.6. The van der Waals surface area contributed by atoms with Crippen LogP contribution >= 0.6 is 0 Å². The SMILES string of the molecule is Cc1cccc(-n2cc(CN(C)Cc3ccon3)c(-c3cccc(F)c3)n2)c1. The fourth-order valence-corrected chi connectivity index (χ4v) is 3.25. The molecule has 0 bridgehead atoms. The number of hydrogen-bond donors (Lipinski definition) is 0. The van der Waals surface area contributed by atoms with Crippen LogP contribution in [-0.4, -0.2) is 26.9 Å². The molecule has 0 atom stereocenters. The third-order valence-electron chi connectivity index (χ3n) is 4.52. The van der Waals surface area contributed by atoms with E-state index in [1.165, 1.54) is 12.1 Å². The summed E-state index contributed by atoms with van der Waals surface area (Å²) in [6.07, 6.45) is 3.57. The van der Waals surface area contributed by atoms with E-state index in [9.17, 15) is 4.39 Å². The molecule has 0 spiro atoms. The fraction of sp³-hybridized carbons (Fsp3) is 0.182. The summed E-state index contributed by atoms with van der Waals surface area (Å²) in [6, 6.07) is 16.5. The van der Waals surface area contributed by atoms with Gasteiger partial charge in [0.2, 0.25) is 0 Å². The molecular weight excluding hydrogens is 355 g/mol. The smallest absolute Gasteiger partial charge is 0.124 e. The number of benzene rings is 2. The molecule has 142 valence electrons. The topological polar surface area (TPSA) is 47.1 Å². The summed E-state index contributed by atoms with van der Waals surface area (Å²) in [6.45, 7) is 3.34. The largest absolute Gasteiger partial charge is 0.364 e. The summed E-state index contributed by atoms with van der Waals surface area (Å²) in [4.78, 5) is 2.12. The quantitative estimate of drug-likeness (QED) is 0.493. The van der Waals surface area contributed by atoms with Gasteiger partial charge in [0.15, 0.2) is 0 Å². The van der Waals surface area contributed by atoms with Gasteiger partial charge in [0.05, 0.1) is 17.1 Å². The first-order valence-electron chi connectivity index (χ1n) is 9.08. The van der Waals surface area contributed by atoms with Crippen molar-refractivity contribution >= 4 is 0 Å². The second-order valence-corrected chi connectivity index (χ2v) is 6.96. The molecule has 0 N–H and O–H groups in total. The third-order valence-corrected chi connectivity index (χ3v) is 4.52. The van der Waals surface area contributed by atoms with Crippen LogP contribution < -0.4 is 0 Å². The molecule has 2 aromatic carbocycles. The van der Waals surface area contributed by atoms with Crippen molar-refractivity contribution in [2.75, 3.05) is 7.05 Å². The Bertz CT molecular complexity index is 1070. The van der Waals surface area contributed by atoms with Gasteiger partial charge in [0, 0.05) is 36.5 Å². The fourth-order valence-electron chi connectivity index (χ4n) is 3.25. The van der Waals surface area contributed by atoms with Gasteiger partial charge in [0.1, 0.15) is 12.1 Å². The molecule has 4 aromatic rings. The number of aromatic nitrogens is 3. The molecule has 4 rings (SSSR count). The highest BCUT2D eigenvalue weighted by atomic mass is 19.1. The highest BCUT2D eigenvalue weighted by molar-refractivity contribution is 5.63. The van der Waals surface area contributed by atoms with E-state index in [4.69, 9.17) is 9.62 Å². The van der Waals surface area contributed by atoms with Crippen molar-refractivity contribution < 1.29 is 8.91 Å². The molecule has 0 radical (unpaired) electrons. The van der Waals surface area contributed by atoms with Gasteiger partial charge < -0.3 is 4.52 Å². The Morgan fingerprint density at radius 2 is 1.93 bits per heavy atom. The summed E-state index contributed by atoms with van der Waals surface area (Å²) >= 11 is 0. The van der Waals surface area contributed by atoms with E-state index in [1.54, 1.807) is 12.3 Å². The number of hydrogen-bond acceptors (Lipinski definition) is 4. The van der Waals surface area contributed by atoms with E-state index in [-0.39, 0.29) is 5.82 Å². The predicted octanol–water partition coefficient (Wildman–Crippen LogP) is 4.61. The Hall–Kier alpha value is -3.25. The summed E-state index contributed by atoms with van der Waals surface area (Å²) in [5.74, 6) is -0.274. The number of nitrogens with zero attached hydrogens (tertiary/aromatic N) is 4. The summed E-state index contributed by atoms with van der Waals surface area (Å²) in [7, 11) is 2.01. The Balaban J connectivity index is 1.70. The van der Waals surface area contributed by atoms with Crippen molar-refractivity contribution in [3.05, 3.63) is 89.7 Å². The molecule has 0 saturated carbocycles. The number of rotatable bonds is 6. The lowest BCUT2D eigenvalue weighted by molar-refractivity contribution is 0.304. The van der Waals surface area contributed by atoms with Crippen molar-refractivity contribution in [3.63, 3.8) is 0 Å². The summed E-state index contributed by atoms with van der Waals surface area (Å²) < 4.78 is 20.6. The van der Waals surface area contributed by atoms with Gasteiger partial charge in [-0.1, -0.05) is 29.4 Å². The van der Waals surface area contributed by atoms with E-state index in [2.05, 4.69) is 16.1 Å². The molecule has 0 amide bonds. The van der Waals surface area contributed by atoms with E-state index in [0.29, 0.717) is 13.1 Å². The van der Waals surface area contributed by atoms with Crippen molar-refractivity contribution in [1.29, 1.82) is 0 Å². The maximum absolute atomic E-state index is 13.8. The van der Waals surface area contributed by atoms with E-state index in [1.807, 2.05) is 55.2 Å². The van der Waals surface area contributed by atoms with Crippen LogP contribution in [0.25, 0.3) is 16.9 Å². The van der Waals surface area contributed by atoms with Crippen LogP contribution in [0.4, 0.5) is 4.39 Å². The minimum absolute atomic E-state index is 0.274. The normalized spacial score (nSPS) is 11.3. The molecule has 0 saturated heterocycles. The van der Waals surface area contributed by atoms with Gasteiger partial charge in [0.25, 0.3) is 0 Å². The Morgan fingerprint density at radius 1 is 1.07 bits per heavy atom. The molecule has 28 heavy (non-hydrogen) atoms. The summed E-state index contributed by atoms with van der Waals surface area (Å²) in [5.41, 5.74) is 5.54. The molecule has 0 aliphatic rings. The molecule has 0 unspecified atom stereocenters. The van der Waals surface area contributed by atoms with Crippen molar-refractivity contribution in [1.82, 2.24) is 19.8 Å². The highest BCUT2D eigenvalue weighted by Crippen LogP contribution is 2.26. The van der Waals surface area contributed by atoms with Crippen LogP contribution in [0.2, 0.25) is 0 Å². The average Bonchev–Trinajstić information content (AvgIpc) is 3.32. The number of halogens is 1. The molecule has 2 heterocycles. The predicted molar refractivity (Wildman–Crippen MR) is 105 cm³/mol. The van der Waals surface area contributed by atoms with Crippen LogP contribution in [0.3, 0.4) is 0 Å². The van der Waals surface area contributed by atoms with E-state index >= 15 is 0 Å². The van der Waals surface area contributed by atoms with Crippen LogP contribution in [0.15, 0.2) is 71.6 Å². The van der Waals surface area contributed by atoms with Crippen molar-refractivity contribution in [2.45, 2.75) is 20.0 Å². The molecule has 2 aromatic heterocycles. The highest BCUT2D eigenvalue weighted by Gasteiger charge is 2.15. The van der Waals surface area contributed by atoms with E-state index in [0.717, 1.165) is 33.8 Å². The zero-order valence-corrected chi connectivity index (χ0v) is 15.8. The Kier molecular flexibility index (Phi) is 5.04. The van der Waals surface area contributed by atoms with Crippen molar-refractivity contribution in [3.8, 4) is 16.9 Å². The van der Waals surface area contributed by atoms with Crippen LogP contribution in [0, 0.1) is 12.7 Å². The minimum Gasteiger partial charge on any atom is -0.364 e. The minimum atomic E-state index is -0.274. The molecule has 0 aliphatic heterocycles. The second kappa shape index (κ2) is 7.78. The molecule has 5 nitrogen and oxygen atoms in total. The lowest BCUT2D eigenvalue weighted by Crippen LogP contribution is -2.17. The zero-order chi connectivity index (χ0) is 19.5. The van der Waals surface area contributed by atoms with E-state index < -0.39 is 0 Å². The molecular formula is C22H21FN4O. The Labute approximate surface area is 163 Å². The molecule has 0 aliphatic carbocycles. The lowest BCUT2D eigenvalue weighted by atomic mass is 10.1. The van der Waals surface area contributed by atoms with Gasteiger partial charge in [-0.2, -0.15) is 5.10 Å². The number of aryl methyl sites for hydroxylation is 1. The monoisotopic (exact) mass is 376 g/mol. The van der Waals surface area contributed by atoms with Crippen LogP contribution in [0.5, 0.6) is 0 Å². The first-order valence-corrected chi connectivity index (χ1v) is 9.08. The molecule has 6 heteroatoms. The standard InChI is InChI=1S/C22H21FN4O/c1-16-5-3-8-21(11-16)27-14-18(13-26(2)15-20-9-10-28-25-20)22(24-27)17-6-4-7-19(23)12-17/h3-12,14H,13,15H2,1-2H3.